The van der Waals surface area contributed by atoms with Gasteiger partial charge in [0, 0.05) is 61.0 Å². The molecule has 0 spiro atoms. The summed E-state index contributed by atoms with van der Waals surface area (Å²) in [5, 5.41) is 2.21. The van der Waals surface area contributed by atoms with Crippen molar-refractivity contribution in [2.75, 3.05) is 0 Å². The Morgan fingerprint density at radius 2 is 0.350 bits per heavy atom. The minimum absolute atomic E-state index is 0.330. The van der Waals surface area contributed by atoms with Crippen LogP contribution in [0.4, 0.5) is 0 Å². The van der Waals surface area contributed by atoms with Crippen LogP contribution < -0.4 is 0 Å². The van der Waals surface area contributed by atoms with Crippen LogP contribution in [-0.4, -0.2) is 34.5 Å². The monoisotopic (exact) mass is 1580 g/mol. The van der Waals surface area contributed by atoms with Gasteiger partial charge >= 0.3 is 0 Å². The van der Waals surface area contributed by atoms with E-state index in [0.717, 1.165) is 172 Å². The molecule has 3 heterocycles. The van der Waals surface area contributed by atoms with E-state index < -0.39 is 0 Å². The van der Waals surface area contributed by atoms with Gasteiger partial charge in [0.05, 0.1) is 11.0 Å². The van der Waals surface area contributed by atoms with Crippen LogP contribution in [0.15, 0.2) is 419 Å². The molecule has 0 aliphatic heterocycles. The highest BCUT2D eigenvalue weighted by Crippen LogP contribution is 2.50. The second kappa shape index (κ2) is 32.4. The molecular formula is C116H87N7. The number of aromatic nitrogens is 7. The highest BCUT2D eigenvalue weighted by molar-refractivity contribution is 6.19. The third-order valence-electron chi connectivity index (χ3n) is 23.5. The van der Waals surface area contributed by atoms with Gasteiger partial charge in [-0.15, -0.1) is 0 Å². The molecule has 586 valence electrons. The van der Waals surface area contributed by atoms with Crippen LogP contribution in [-0.2, 0) is 10.8 Å². The zero-order valence-electron chi connectivity index (χ0n) is 69.5. The smallest absolute Gasteiger partial charge is 0.164 e. The Bertz CT molecular complexity index is 6370. The molecule has 0 fully saturated rings. The SMILES string of the molecule is CC(C)(C)c1cc(-c2ccccc2-c2nc(-c3cc(-c4ccccc4)cc(-c4ccccc4)c3)nc(-c3cc(-c4ccccc4)cc(-c4ccccc4)c3)n2)c2c(c1)c1cc(C(C)(C)C)cc(-c3ccccc3-c3nc(-c4cc(-c5ccccc5)cc(-c5ccccc5)c4)nc(-c4cc(-c5ccccc5)cc(-c5ccccc5)c4)n3)c1n2-c1ccccc1. The fourth-order valence-electron chi connectivity index (χ4n) is 17.1. The van der Waals surface area contributed by atoms with Crippen molar-refractivity contribution in [2.45, 2.75) is 52.4 Å². The number of para-hydroxylation sites is 1. The van der Waals surface area contributed by atoms with E-state index in [1.807, 2.05) is 0 Å². The van der Waals surface area contributed by atoms with Crippen LogP contribution in [0.1, 0.15) is 52.7 Å². The summed E-state index contributed by atoms with van der Waals surface area (Å²) >= 11 is 0. The normalized spacial score (nSPS) is 11.7. The molecule has 7 heteroatoms. The van der Waals surface area contributed by atoms with Crippen molar-refractivity contribution in [2.24, 2.45) is 0 Å². The minimum Gasteiger partial charge on any atom is -0.308 e. The van der Waals surface area contributed by atoms with E-state index in [1.54, 1.807) is 0 Å². The van der Waals surface area contributed by atoms with Gasteiger partial charge in [-0.2, -0.15) is 0 Å². The molecule has 20 aromatic rings. The minimum atomic E-state index is -0.330. The highest BCUT2D eigenvalue weighted by Gasteiger charge is 2.31. The highest BCUT2D eigenvalue weighted by atomic mass is 15.0. The molecular weight excluding hydrogens is 1490 g/mol. The van der Waals surface area contributed by atoms with Crippen molar-refractivity contribution in [3.05, 3.63) is 430 Å². The fourth-order valence-corrected chi connectivity index (χ4v) is 17.1. The average Bonchev–Trinajstić information content (AvgIpc) is 1.55. The van der Waals surface area contributed by atoms with Crippen LogP contribution in [0.2, 0.25) is 0 Å². The molecule has 17 aromatic carbocycles. The van der Waals surface area contributed by atoms with Crippen LogP contribution in [0, 0.1) is 0 Å². The summed E-state index contributed by atoms with van der Waals surface area (Å²) in [7, 11) is 0. The Kier molecular flexibility index (Phi) is 20.1. The first-order chi connectivity index (χ1) is 60.2. The largest absolute Gasteiger partial charge is 0.308 e. The van der Waals surface area contributed by atoms with Crippen LogP contribution >= 0.6 is 0 Å². The molecule has 0 saturated heterocycles. The zero-order chi connectivity index (χ0) is 83.1. The first-order valence-corrected chi connectivity index (χ1v) is 42.2. The molecule has 0 unspecified atom stereocenters. The van der Waals surface area contributed by atoms with Gasteiger partial charge in [-0.3, -0.25) is 0 Å². The van der Waals surface area contributed by atoms with Crippen molar-refractivity contribution in [3.63, 3.8) is 0 Å². The lowest BCUT2D eigenvalue weighted by Gasteiger charge is -2.22. The lowest BCUT2D eigenvalue weighted by Crippen LogP contribution is -2.11. The van der Waals surface area contributed by atoms with E-state index in [1.165, 1.54) is 11.1 Å². The number of nitrogens with zero attached hydrogens (tertiary/aromatic N) is 7. The molecule has 0 radical (unpaired) electrons. The van der Waals surface area contributed by atoms with Crippen LogP contribution in [0.5, 0.6) is 0 Å². The lowest BCUT2D eigenvalue weighted by molar-refractivity contribution is 0.590. The average molecular weight is 1580 g/mol. The topological polar surface area (TPSA) is 82.3 Å². The lowest BCUT2D eigenvalue weighted by atomic mass is 9.82. The first-order valence-electron chi connectivity index (χ1n) is 42.2. The van der Waals surface area contributed by atoms with E-state index in [9.17, 15) is 0 Å². The maximum absolute atomic E-state index is 5.80. The molecule has 123 heavy (non-hydrogen) atoms. The Balaban J connectivity index is 0.854. The summed E-state index contributed by atoms with van der Waals surface area (Å²) in [6.45, 7) is 13.9. The molecule has 0 N–H and O–H groups in total. The van der Waals surface area contributed by atoms with Crippen LogP contribution in [0.25, 0.3) is 207 Å². The van der Waals surface area contributed by atoms with E-state index in [-0.39, 0.29) is 10.8 Å². The predicted molar refractivity (Wildman–Crippen MR) is 512 cm³/mol. The van der Waals surface area contributed by atoms with Crippen molar-refractivity contribution >= 4 is 21.8 Å². The van der Waals surface area contributed by atoms with E-state index in [4.69, 9.17) is 29.9 Å². The second-order valence-corrected chi connectivity index (χ2v) is 33.8. The van der Waals surface area contributed by atoms with Crippen molar-refractivity contribution in [3.8, 4) is 185 Å². The second-order valence-electron chi connectivity index (χ2n) is 33.8. The summed E-state index contributed by atoms with van der Waals surface area (Å²) in [6.07, 6.45) is 0. The Hall–Kier alpha value is -15.4. The Labute approximate surface area is 718 Å². The zero-order valence-corrected chi connectivity index (χ0v) is 69.5. The molecule has 0 atom stereocenters. The number of benzene rings is 17. The van der Waals surface area contributed by atoms with Gasteiger partial charge < -0.3 is 4.57 Å². The van der Waals surface area contributed by atoms with Gasteiger partial charge in [-0.25, -0.2) is 29.9 Å². The molecule has 0 bridgehead atoms. The van der Waals surface area contributed by atoms with Crippen LogP contribution in [0.3, 0.4) is 0 Å². The third-order valence-corrected chi connectivity index (χ3v) is 23.5. The molecule has 3 aromatic heterocycles. The maximum Gasteiger partial charge on any atom is 0.164 e. The summed E-state index contributed by atoms with van der Waals surface area (Å²) in [5.74, 6) is 3.25. The summed E-state index contributed by atoms with van der Waals surface area (Å²) in [6, 6.07) is 150. The van der Waals surface area contributed by atoms with Gasteiger partial charge in [0.1, 0.15) is 0 Å². The standard InChI is InChI=1S/C116H87N7/c1-115(2,3)96-72-103(99-56-34-36-58-101(99)113-119-109(92-64-84(76-38-16-7-17-39-76)60-85(65-92)77-40-18-8-19-41-77)117-110(120-113)93-66-86(78-42-20-9-21-43-78)61-87(67-93)79-44-22-10-23-45-79)107-105(74-96)106-75-97(116(4,5)6)73-104(108(106)123(107)98-54-32-15-33-55-98)100-57-35-37-59-102(100)114-121-111(94-68-88(80-46-24-11-25-47-80)62-89(69-94)81-48-26-12-27-49-81)118-112(122-114)95-70-90(82-50-28-13-29-51-82)63-91(71-95)83-52-30-14-31-53-83/h7-75H,1-6H3. The molecule has 0 saturated carbocycles. The molecule has 7 nitrogen and oxygen atoms in total. The van der Waals surface area contributed by atoms with Gasteiger partial charge in [-0.05, 0) is 231 Å². The summed E-state index contributed by atoms with van der Waals surface area (Å²) in [5.41, 5.74) is 30.9. The molecule has 0 aliphatic rings. The first kappa shape index (κ1) is 76.3. The fraction of sp³-hybridized carbons (Fsp3) is 0.0690. The number of fused-ring (bicyclic) bond motifs is 3. The summed E-state index contributed by atoms with van der Waals surface area (Å²) in [4.78, 5) is 34.6. The maximum atomic E-state index is 5.80. The van der Waals surface area contributed by atoms with E-state index in [0.29, 0.717) is 34.9 Å². The van der Waals surface area contributed by atoms with Gasteiger partial charge in [0.15, 0.2) is 34.9 Å². The van der Waals surface area contributed by atoms with E-state index in [2.05, 4.69) is 465 Å². The van der Waals surface area contributed by atoms with Gasteiger partial charge in [-0.1, -0.05) is 351 Å². The molecule has 0 aliphatic carbocycles. The summed E-state index contributed by atoms with van der Waals surface area (Å²) < 4.78 is 2.52. The van der Waals surface area contributed by atoms with Crippen molar-refractivity contribution in [1.82, 2.24) is 34.5 Å². The predicted octanol–water partition coefficient (Wildman–Crippen LogP) is 30.4. The number of hydrogen-bond donors (Lipinski definition) is 0. The van der Waals surface area contributed by atoms with Crippen molar-refractivity contribution < 1.29 is 0 Å². The Morgan fingerprint density at radius 3 is 0.569 bits per heavy atom. The Morgan fingerprint density at radius 1 is 0.163 bits per heavy atom. The van der Waals surface area contributed by atoms with Crippen molar-refractivity contribution in [1.29, 1.82) is 0 Å². The molecule has 20 rings (SSSR count). The molecule has 0 amide bonds. The van der Waals surface area contributed by atoms with Gasteiger partial charge in [0.25, 0.3) is 0 Å². The van der Waals surface area contributed by atoms with Gasteiger partial charge in [0.2, 0.25) is 0 Å². The van der Waals surface area contributed by atoms with E-state index >= 15 is 0 Å². The number of hydrogen-bond acceptors (Lipinski definition) is 6. The quantitative estimate of drug-likeness (QED) is 0.0903. The third kappa shape index (κ3) is 15.5. The number of rotatable bonds is 17.